The Morgan fingerprint density at radius 2 is 1.17 bits per heavy atom. The third kappa shape index (κ3) is 3.24. The van der Waals surface area contributed by atoms with E-state index in [9.17, 15) is 0 Å². The summed E-state index contributed by atoms with van der Waals surface area (Å²) in [5.74, 6) is 0.407. The van der Waals surface area contributed by atoms with E-state index in [4.69, 9.17) is 18.6 Å². The molecule has 0 aromatic heterocycles. The molecule has 2 saturated heterocycles. The van der Waals surface area contributed by atoms with Gasteiger partial charge in [-0.1, -0.05) is 26.7 Å². The standard InChI is InChI=1S/C17H34B2O4/c1-10-11-12-13(2)17(9)16(7,8)22-19(23-17)18-20-14(3,4)15(5,6)21-18/h13H,10-12H2,1-9H3. The van der Waals surface area contributed by atoms with Gasteiger partial charge in [0, 0.05) is 0 Å². The first-order valence-corrected chi connectivity index (χ1v) is 9.07. The fourth-order valence-corrected chi connectivity index (χ4v) is 3.42. The lowest BCUT2D eigenvalue weighted by Gasteiger charge is -2.41. The summed E-state index contributed by atoms with van der Waals surface area (Å²) in [6, 6.07) is 0. The minimum Gasteiger partial charge on any atom is -0.405 e. The molecule has 2 aliphatic heterocycles. The van der Waals surface area contributed by atoms with Gasteiger partial charge in [0.05, 0.1) is 22.4 Å². The summed E-state index contributed by atoms with van der Waals surface area (Å²) in [5, 5.41) is 0. The van der Waals surface area contributed by atoms with Crippen LogP contribution in [0, 0.1) is 5.92 Å². The predicted molar refractivity (Wildman–Crippen MR) is 95.2 cm³/mol. The topological polar surface area (TPSA) is 36.9 Å². The molecule has 6 heteroatoms. The zero-order chi connectivity index (χ0) is 17.7. The van der Waals surface area contributed by atoms with E-state index in [0.29, 0.717) is 5.92 Å². The smallest absolute Gasteiger partial charge is 0.405 e. The minimum atomic E-state index is -0.487. The van der Waals surface area contributed by atoms with E-state index in [0.717, 1.165) is 6.42 Å². The predicted octanol–water partition coefficient (Wildman–Crippen LogP) is 4.06. The maximum Gasteiger partial charge on any atom is 0.489 e. The van der Waals surface area contributed by atoms with Crippen LogP contribution in [0.25, 0.3) is 0 Å². The highest BCUT2D eigenvalue weighted by atomic mass is 16.7. The van der Waals surface area contributed by atoms with E-state index in [2.05, 4.69) is 62.3 Å². The highest BCUT2D eigenvalue weighted by molar-refractivity contribution is 7.11. The van der Waals surface area contributed by atoms with Crippen molar-refractivity contribution in [1.82, 2.24) is 0 Å². The molecule has 0 spiro atoms. The molecule has 2 aliphatic rings. The van der Waals surface area contributed by atoms with Crippen molar-refractivity contribution in [2.45, 2.75) is 104 Å². The van der Waals surface area contributed by atoms with Crippen LogP contribution in [0.1, 0.15) is 81.6 Å². The SMILES string of the molecule is CCCCC(C)C1(C)OB(B2OC(C)(C)C(C)(C)O2)OC1(C)C. The first-order valence-electron chi connectivity index (χ1n) is 9.07. The third-order valence-corrected chi connectivity index (χ3v) is 6.39. The van der Waals surface area contributed by atoms with E-state index in [1.54, 1.807) is 0 Å². The van der Waals surface area contributed by atoms with Crippen LogP contribution >= 0.6 is 0 Å². The second kappa shape index (κ2) is 6.05. The Morgan fingerprint density at radius 1 is 0.739 bits per heavy atom. The Hall–Kier alpha value is -0.0301. The Labute approximate surface area is 143 Å². The van der Waals surface area contributed by atoms with Gasteiger partial charge < -0.3 is 18.6 Å². The Morgan fingerprint density at radius 3 is 1.65 bits per heavy atom. The van der Waals surface area contributed by atoms with Crippen molar-refractivity contribution >= 4 is 14.0 Å². The normalized spacial score (nSPS) is 33.3. The highest BCUT2D eigenvalue weighted by Gasteiger charge is 2.65. The van der Waals surface area contributed by atoms with Gasteiger partial charge in [-0.2, -0.15) is 0 Å². The van der Waals surface area contributed by atoms with E-state index < -0.39 is 14.0 Å². The quantitative estimate of drug-likeness (QED) is 0.715. The van der Waals surface area contributed by atoms with Gasteiger partial charge in [0.2, 0.25) is 0 Å². The third-order valence-electron chi connectivity index (χ3n) is 6.39. The Balaban J connectivity index is 2.14. The van der Waals surface area contributed by atoms with Crippen molar-refractivity contribution in [3.05, 3.63) is 0 Å². The summed E-state index contributed by atoms with van der Waals surface area (Å²) in [5.41, 5.74) is -1.48. The molecule has 4 nitrogen and oxygen atoms in total. The van der Waals surface area contributed by atoms with Crippen LogP contribution in [0.4, 0.5) is 0 Å². The molecule has 2 heterocycles. The van der Waals surface area contributed by atoms with E-state index in [-0.39, 0.29) is 22.4 Å². The summed E-state index contributed by atoms with van der Waals surface area (Å²) in [6.45, 7) is 19.1. The maximum atomic E-state index is 6.42. The molecule has 0 aliphatic carbocycles. The number of hydrogen-bond donors (Lipinski definition) is 0. The molecule has 0 aromatic carbocycles. The van der Waals surface area contributed by atoms with E-state index >= 15 is 0 Å². The van der Waals surface area contributed by atoms with Gasteiger partial charge in [-0.05, 0) is 60.8 Å². The molecule has 23 heavy (non-hydrogen) atoms. The molecular formula is C17H34B2O4. The lowest BCUT2D eigenvalue weighted by atomic mass is 9.49. The van der Waals surface area contributed by atoms with Gasteiger partial charge in [-0.25, -0.2) is 0 Å². The van der Waals surface area contributed by atoms with Crippen LogP contribution in [-0.2, 0) is 18.6 Å². The van der Waals surface area contributed by atoms with Crippen LogP contribution in [-0.4, -0.2) is 36.4 Å². The van der Waals surface area contributed by atoms with Crippen LogP contribution < -0.4 is 0 Å². The summed E-state index contributed by atoms with van der Waals surface area (Å²) in [6.07, 6.45) is 3.54. The number of rotatable bonds is 5. The van der Waals surface area contributed by atoms with Crippen molar-refractivity contribution in [2.75, 3.05) is 0 Å². The van der Waals surface area contributed by atoms with Crippen molar-refractivity contribution in [3.63, 3.8) is 0 Å². The summed E-state index contributed by atoms with van der Waals surface area (Å²) >= 11 is 0. The largest absolute Gasteiger partial charge is 0.489 e. The molecule has 132 valence electrons. The molecule has 2 atom stereocenters. The average molecular weight is 324 g/mol. The maximum absolute atomic E-state index is 6.42. The van der Waals surface area contributed by atoms with Crippen molar-refractivity contribution in [3.8, 4) is 0 Å². The monoisotopic (exact) mass is 324 g/mol. The Bertz CT molecular complexity index is 422. The molecule has 0 amide bonds. The van der Waals surface area contributed by atoms with E-state index in [1.807, 2.05) is 0 Å². The summed E-state index contributed by atoms with van der Waals surface area (Å²) in [4.78, 5) is 0. The van der Waals surface area contributed by atoms with Gasteiger partial charge in [0.15, 0.2) is 0 Å². The highest BCUT2D eigenvalue weighted by Crippen LogP contribution is 2.47. The number of unbranched alkanes of at least 4 members (excludes halogenated alkanes) is 1. The minimum absolute atomic E-state index is 0.351. The molecule has 0 radical (unpaired) electrons. The van der Waals surface area contributed by atoms with Gasteiger partial charge in [0.1, 0.15) is 0 Å². The average Bonchev–Trinajstić information content (AvgIpc) is 2.78. The zero-order valence-corrected chi connectivity index (χ0v) is 16.5. The van der Waals surface area contributed by atoms with Crippen molar-refractivity contribution in [2.24, 2.45) is 5.92 Å². The molecule has 2 fully saturated rings. The zero-order valence-electron chi connectivity index (χ0n) is 16.5. The molecule has 0 aromatic rings. The second-order valence-corrected chi connectivity index (χ2v) is 8.89. The van der Waals surface area contributed by atoms with Gasteiger partial charge in [-0.15, -0.1) is 0 Å². The van der Waals surface area contributed by atoms with Crippen molar-refractivity contribution < 1.29 is 18.6 Å². The van der Waals surface area contributed by atoms with Crippen LogP contribution in [0.5, 0.6) is 0 Å². The van der Waals surface area contributed by atoms with Crippen LogP contribution in [0.3, 0.4) is 0 Å². The molecule has 0 bridgehead atoms. The molecule has 0 N–H and O–H groups in total. The lowest BCUT2D eigenvalue weighted by Crippen LogP contribution is -2.50. The summed E-state index contributed by atoms with van der Waals surface area (Å²) < 4.78 is 24.9. The molecular weight excluding hydrogens is 290 g/mol. The van der Waals surface area contributed by atoms with Crippen LogP contribution in [0.2, 0.25) is 0 Å². The summed E-state index contributed by atoms with van der Waals surface area (Å²) in [7, 11) is -0.973. The Kier molecular flexibility index (Phi) is 5.07. The molecule has 2 rings (SSSR count). The first kappa shape index (κ1) is 19.3. The van der Waals surface area contributed by atoms with Gasteiger partial charge in [-0.3, -0.25) is 0 Å². The first-order chi connectivity index (χ1) is 10.4. The molecule has 2 unspecified atom stereocenters. The molecule has 0 saturated carbocycles. The van der Waals surface area contributed by atoms with E-state index in [1.165, 1.54) is 12.8 Å². The van der Waals surface area contributed by atoms with Crippen LogP contribution in [0.15, 0.2) is 0 Å². The van der Waals surface area contributed by atoms with Gasteiger partial charge >= 0.3 is 14.0 Å². The van der Waals surface area contributed by atoms with Gasteiger partial charge in [0.25, 0.3) is 0 Å². The fraction of sp³-hybridized carbons (Fsp3) is 1.00. The number of hydrogen-bond acceptors (Lipinski definition) is 4. The second-order valence-electron chi connectivity index (χ2n) is 8.89. The fourth-order valence-electron chi connectivity index (χ4n) is 3.42. The van der Waals surface area contributed by atoms with Crippen molar-refractivity contribution in [1.29, 1.82) is 0 Å². The lowest BCUT2D eigenvalue weighted by molar-refractivity contribution is -0.0517.